The molecule has 0 unspecified atom stereocenters. The number of carbonyl (C=O) groups excluding carboxylic acids is 1. The molecule has 0 saturated carbocycles. The molecule has 78 valence electrons. The van der Waals surface area contributed by atoms with Crippen LogP contribution < -0.4 is 0 Å². The molecule has 0 aromatic rings. The molecule has 3 nitrogen and oxygen atoms in total. The van der Waals surface area contributed by atoms with Crippen molar-refractivity contribution in [3.05, 3.63) is 0 Å². The summed E-state index contributed by atoms with van der Waals surface area (Å²) in [5, 5.41) is 0. The number of rotatable bonds is 1. The molecule has 0 N–H and O–H groups in total. The highest BCUT2D eigenvalue weighted by atomic mass is 16.2. The highest BCUT2D eigenvalue weighted by molar-refractivity contribution is 5.76. The van der Waals surface area contributed by atoms with E-state index in [1.807, 2.05) is 25.7 Å². The minimum atomic E-state index is 0.303. The Morgan fingerprint density at radius 2 is 1.85 bits per heavy atom. The fourth-order valence-corrected chi connectivity index (χ4v) is 1.31. The standard InChI is InChI=1S/C8H16N2O.C2H6/c1-3-10-7-6-9(2)5-4-8(10)11;1-2/h3-7H2,1-2H3;1-2H3. The van der Waals surface area contributed by atoms with Crippen LogP contribution in [0.4, 0.5) is 0 Å². The van der Waals surface area contributed by atoms with Crippen molar-refractivity contribution in [3.63, 3.8) is 0 Å². The van der Waals surface area contributed by atoms with E-state index in [1.54, 1.807) is 0 Å². The lowest BCUT2D eigenvalue weighted by Gasteiger charge is -2.17. The molecule has 1 fully saturated rings. The number of hydrogen-bond acceptors (Lipinski definition) is 2. The second-order valence-corrected chi connectivity index (χ2v) is 3.03. The van der Waals surface area contributed by atoms with Gasteiger partial charge in [-0.05, 0) is 14.0 Å². The summed E-state index contributed by atoms with van der Waals surface area (Å²) in [4.78, 5) is 15.4. The summed E-state index contributed by atoms with van der Waals surface area (Å²) in [7, 11) is 2.06. The number of hydrogen-bond donors (Lipinski definition) is 0. The topological polar surface area (TPSA) is 23.6 Å². The van der Waals surface area contributed by atoms with Crippen LogP contribution in [0.2, 0.25) is 0 Å². The minimum Gasteiger partial charge on any atom is -0.342 e. The van der Waals surface area contributed by atoms with Crippen LogP contribution in [0.5, 0.6) is 0 Å². The molecule has 0 bridgehead atoms. The molecular weight excluding hydrogens is 164 g/mol. The maximum absolute atomic E-state index is 11.3. The normalized spacial score (nSPS) is 19.1. The molecule has 0 aromatic carbocycles. The van der Waals surface area contributed by atoms with Gasteiger partial charge in [-0.3, -0.25) is 4.79 Å². The second kappa shape index (κ2) is 6.89. The van der Waals surface area contributed by atoms with E-state index >= 15 is 0 Å². The first-order valence-electron chi connectivity index (χ1n) is 5.20. The van der Waals surface area contributed by atoms with Crippen LogP contribution in [0.15, 0.2) is 0 Å². The van der Waals surface area contributed by atoms with E-state index in [1.165, 1.54) is 0 Å². The Hall–Kier alpha value is -0.570. The van der Waals surface area contributed by atoms with Crippen LogP contribution >= 0.6 is 0 Å². The second-order valence-electron chi connectivity index (χ2n) is 3.03. The average molecular weight is 186 g/mol. The van der Waals surface area contributed by atoms with Crippen LogP contribution in [-0.4, -0.2) is 48.9 Å². The van der Waals surface area contributed by atoms with E-state index < -0.39 is 0 Å². The maximum Gasteiger partial charge on any atom is 0.223 e. The highest BCUT2D eigenvalue weighted by Gasteiger charge is 2.16. The minimum absolute atomic E-state index is 0.303. The number of likely N-dealkylation sites (N-methyl/N-ethyl adjacent to an activating group) is 2. The number of amides is 1. The lowest BCUT2D eigenvalue weighted by Crippen LogP contribution is -2.32. The van der Waals surface area contributed by atoms with Gasteiger partial charge in [0.1, 0.15) is 0 Å². The van der Waals surface area contributed by atoms with Gasteiger partial charge in [-0.1, -0.05) is 13.8 Å². The van der Waals surface area contributed by atoms with Crippen molar-refractivity contribution in [2.24, 2.45) is 0 Å². The molecule has 1 saturated heterocycles. The van der Waals surface area contributed by atoms with Gasteiger partial charge in [0.15, 0.2) is 0 Å². The molecule has 1 amide bonds. The third kappa shape index (κ3) is 4.27. The van der Waals surface area contributed by atoms with Crippen molar-refractivity contribution in [2.75, 3.05) is 33.2 Å². The summed E-state index contributed by atoms with van der Waals surface area (Å²) in [5.41, 5.74) is 0. The van der Waals surface area contributed by atoms with E-state index in [2.05, 4.69) is 11.9 Å². The van der Waals surface area contributed by atoms with E-state index in [0.717, 1.165) is 26.2 Å². The Labute approximate surface area is 81.7 Å². The average Bonchev–Trinajstić information content (AvgIpc) is 2.33. The number of nitrogens with zero attached hydrogens (tertiary/aromatic N) is 2. The molecule has 3 heteroatoms. The highest BCUT2D eigenvalue weighted by Crippen LogP contribution is 2.01. The van der Waals surface area contributed by atoms with E-state index in [0.29, 0.717) is 12.3 Å². The lowest BCUT2D eigenvalue weighted by molar-refractivity contribution is -0.130. The SMILES string of the molecule is CC.CCN1CCN(C)CCC1=O. The zero-order valence-electron chi connectivity index (χ0n) is 9.34. The largest absolute Gasteiger partial charge is 0.342 e. The Morgan fingerprint density at radius 1 is 1.23 bits per heavy atom. The zero-order chi connectivity index (χ0) is 10.3. The molecule has 0 atom stereocenters. The van der Waals surface area contributed by atoms with Gasteiger partial charge in [0.05, 0.1) is 0 Å². The van der Waals surface area contributed by atoms with Crippen LogP contribution in [0.3, 0.4) is 0 Å². The van der Waals surface area contributed by atoms with Gasteiger partial charge in [-0.25, -0.2) is 0 Å². The molecule has 1 heterocycles. The van der Waals surface area contributed by atoms with Crippen LogP contribution in [0.25, 0.3) is 0 Å². The smallest absolute Gasteiger partial charge is 0.223 e. The molecule has 0 aromatic heterocycles. The summed E-state index contributed by atoms with van der Waals surface area (Å²) in [6.07, 6.45) is 0.685. The van der Waals surface area contributed by atoms with Crippen molar-refractivity contribution in [1.29, 1.82) is 0 Å². The van der Waals surface area contributed by atoms with Crippen molar-refractivity contribution in [3.8, 4) is 0 Å². The molecule has 0 spiro atoms. The van der Waals surface area contributed by atoms with Crippen molar-refractivity contribution < 1.29 is 4.79 Å². The van der Waals surface area contributed by atoms with Gasteiger partial charge in [-0.15, -0.1) is 0 Å². The Balaban J connectivity index is 0.000000671. The summed E-state index contributed by atoms with van der Waals surface area (Å²) in [5.74, 6) is 0.303. The lowest BCUT2D eigenvalue weighted by atomic mass is 10.4. The van der Waals surface area contributed by atoms with Crippen LogP contribution in [-0.2, 0) is 4.79 Å². The summed E-state index contributed by atoms with van der Waals surface area (Å²) in [6, 6.07) is 0. The summed E-state index contributed by atoms with van der Waals surface area (Å²) < 4.78 is 0. The van der Waals surface area contributed by atoms with Crippen molar-refractivity contribution in [2.45, 2.75) is 27.2 Å². The molecule has 1 aliphatic rings. The fraction of sp³-hybridized carbons (Fsp3) is 0.900. The quantitative estimate of drug-likeness (QED) is 0.614. The molecule has 1 aliphatic heterocycles. The first-order chi connectivity index (χ1) is 6.24. The molecular formula is C10H22N2O. The van der Waals surface area contributed by atoms with Gasteiger partial charge in [0.25, 0.3) is 0 Å². The maximum atomic E-state index is 11.3. The third-order valence-electron chi connectivity index (χ3n) is 2.19. The summed E-state index contributed by atoms with van der Waals surface area (Å²) >= 11 is 0. The van der Waals surface area contributed by atoms with E-state index in [-0.39, 0.29) is 0 Å². The van der Waals surface area contributed by atoms with Gasteiger partial charge >= 0.3 is 0 Å². The fourth-order valence-electron chi connectivity index (χ4n) is 1.31. The first kappa shape index (κ1) is 12.4. The Bertz CT molecular complexity index is 148. The predicted octanol–water partition coefficient (Wildman–Crippen LogP) is 1.20. The first-order valence-corrected chi connectivity index (χ1v) is 5.20. The summed E-state index contributed by atoms with van der Waals surface area (Å²) in [6.45, 7) is 9.70. The van der Waals surface area contributed by atoms with Crippen molar-refractivity contribution >= 4 is 5.91 Å². The van der Waals surface area contributed by atoms with Gasteiger partial charge in [0.2, 0.25) is 5.91 Å². The van der Waals surface area contributed by atoms with E-state index in [9.17, 15) is 4.79 Å². The molecule has 13 heavy (non-hydrogen) atoms. The predicted molar refractivity (Wildman–Crippen MR) is 55.7 cm³/mol. The Kier molecular flexibility index (Phi) is 6.59. The zero-order valence-corrected chi connectivity index (χ0v) is 9.34. The Morgan fingerprint density at radius 3 is 2.38 bits per heavy atom. The molecule has 0 aliphatic carbocycles. The van der Waals surface area contributed by atoms with Gasteiger partial charge in [0, 0.05) is 32.6 Å². The number of carbonyl (C=O) groups is 1. The van der Waals surface area contributed by atoms with Gasteiger partial charge in [-0.2, -0.15) is 0 Å². The van der Waals surface area contributed by atoms with Crippen LogP contribution in [0.1, 0.15) is 27.2 Å². The van der Waals surface area contributed by atoms with Gasteiger partial charge < -0.3 is 9.80 Å². The molecule has 1 rings (SSSR count). The monoisotopic (exact) mass is 186 g/mol. The van der Waals surface area contributed by atoms with Crippen LogP contribution in [0, 0.1) is 0 Å². The third-order valence-corrected chi connectivity index (χ3v) is 2.19. The van der Waals surface area contributed by atoms with Crippen molar-refractivity contribution in [1.82, 2.24) is 9.80 Å². The van der Waals surface area contributed by atoms with E-state index in [4.69, 9.17) is 0 Å². The molecule has 0 radical (unpaired) electrons.